The van der Waals surface area contributed by atoms with Crippen LogP contribution in [0.5, 0.6) is 0 Å². The number of carbonyl (C=O) groups excluding carboxylic acids is 1. The molecule has 1 saturated heterocycles. The fraction of sp³-hybridized carbons (Fsp3) is 0.692. The third-order valence-electron chi connectivity index (χ3n) is 3.56. The standard InChI is InChI=1S/C13H21N3O2.ClH/c1-9-12(10(2)18-16-9)7-13(17)15-6-4-11-3-5-14-8-11;/h11,14H,3-8H2,1-2H3,(H,15,17);1H. The van der Waals surface area contributed by atoms with E-state index in [1.54, 1.807) is 0 Å². The third-order valence-corrected chi connectivity index (χ3v) is 3.56. The van der Waals surface area contributed by atoms with E-state index in [0.29, 0.717) is 12.3 Å². The van der Waals surface area contributed by atoms with Crippen molar-refractivity contribution in [2.24, 2.45) is 5.92 Å². The van der Waals surface area contributed by atoms with Gasteiger partial charge in [-0.15, -0.1) is 12.4 Å². The first-order chi connectivity index (χ1) is 8.66. The van der Waals surface area contributed by atoms with Crippen LogP contribution in [-0.2, 0) is 11.2 Å². The van der Waals surface area contributed by atoms with Gasteiger partial charge in [0.1, 0.15) is 5.76 Å². The number of amides is 1. The van der Waals surface area contributed by atoms with E-state index in [-0.39, 0.29) is 18.3 Å². The quantitative estimate of drug-likeness (QED) is 0.858. The molecule has 5 nitrogen and oxygen atoms in total. The Balaban J connectivity index is 0.00000180. The van der Waals surface area contributed by atoms with E-state index >= 15 is 0 Å². The fourth-order valence-electron chi connectivity index (χ4n) is 2.35. The Morgan fingerprint density at radius 2 is 2.32 bits per heavy atom. The molecule has 0 saturated carbocycles. The van der Waals surface area contributed by atoms with Gasteiger partial charge in [0.15, 0.2) is 0 Å². The number of hydrogen-bond acceptors (Lipinski definition) is 4. The van der Waals surface area contributed by atoms with Crippen LogP contribution in [0.15, 0.2) is 4.52 Å². The molecule has 19 heavy (non-hydrogen) atoms. The normalized spacial score (nSPS) is 18.1. The smallest absolute Gasteiger partial charge is 0.224 e. The van der Waals surface area contributed by atoms with Crippen molar-refractivity contribution < 1.29 is 9.32 Å². The van der Waals surface area contributed by atoms with Gasteiger partial charge in [-0.2, -0.15) is 0 Å². The van der Waals surface area contributed by atoms with Crippen LogP contribution in [0.2, 0.25) is 0 Å². The molecule has 0 spiro atoms. The van der Waals surface area contributed by atoms with Gasteiger partial charge in [0.2, 0.25) is 5.91 Å². The maximum Gasteiger partial charge on any atom is 0.224 e. The Kier molecular flexibility index (Phi) is 6.31. The Morgan fingerprint density at radius 1 is 1.53 bits per heavy atom. The molecule has 0 aliphatic carbocycles. The van der Waals surface area contributed by atoms with Gasteiger partial charge in [-0.1, -0.05) is 5.16 Å². The summed E-state index contributed by atoms with van der Waals surface area (Å²) >= 11 is 0. The Hall–Kier alpha value is -1.07. The number of aromatic nitrogens is 1. The first-order valence-corrected chi connectivity index (χ1v) is 6.56. The molecular weight excluding hydrogens is 266 g/mol. The number of nitrogens with zero attached hydrogens (tertiary/aromatic N) is 1. The molecule has 2 heterocycles. The van der Waals surface area contributed by atoms with Crippen molar-refractivity contribution in [3.05, 3.63) is 17.0 Å². The maximum absolute atomic E-state index is 11.8. The number of hydrogen-bond donors (Lipinski definition) is 2. The van der Waals surface area contributed by atoms with E-state index in [1.807, 2.05) is 13.8 Å². The van der Waals surface area contributed by atoms with Crippen LogP contribution in [0.25, 0.3) is 0 Å². The van der Waals surface area contributed by atoms with E-state index < -0.39 is 0 Å². The molecule has 2 rings (SSSR count). The molecule has 108 valence electrons. The monoisotopic (exact) mass is 287 g/mol. The van der Waals surface area contributed by atoms with Crippen molar-refractivity contribution >= 4 is 18.3 Å². The minimum Gasteiger partial charge on any atom is -0.361 e. The summed E-state index contributed by atoms with van der Waals surface area (Å²) in [5.41, 5.74) is 1.72. The zero-order valence-corrected chi connectivity index (χ0v) is 12.3. The Labute approximate surface area is 119 Å². The zero-order chi connectivity index (χ0) is 13.0. The van der Waals surface area contributed by atoms with Crippen LogP contribution >= 0.6 is 12.4 Å². The molecule has 1 fully saturated rings. The Morgan fingerprint density at radius 3 is 2.89 bits per heavy atom. The molecule has 1 aliphatic heterocycles. The van der Waals surface area contributed by atoms with Gasteiger partial charge in [-0.05, 0) is 45.7 Å². The predicted molar refractivity (Wildman–Crippen MR) is 75.5 cm³/mol. The highest BCUT2D eigenvalue weighted by atomic mass is 35.5. The summed E-state index contributed by atoms with van der Waals surface area (Å²) in [6.07, 6.45) is 2.64. The van der Waals surface area contributed by atoms with Crippen LogP contribution < -0.4 is 10.6 Å². The number of aryl methyl sites for hydroxylation is 2. The van der Waals surface area contributed by atoms with Crippen molar-refractivity contribution in [3.8, 4) is 0 Å². The van der Waals surface area contributed by atoms with E-state index in [9.17, 15) is 4.79 Å². The van der Waals surface area contributed by atoms with Crippen molar-refractivity contribution in [2.75, 3.05) is 19.6 Å². The van der Waals surface area contributed by atoms with Gasteiger partial charge in [-0.3, -0.25) is 4.79 Å². The first kappa shape index (κ1) is 16.0. The summed E-state index contributed by atoms with van der Waals surface area (Å²) in [7, 11) is 0. The second-order valence-electron chi connectivity index (χ2n) is 4.98. The summed E-state index contributed by atoms with van der Waals surface area (Å²) in [5.74, 6) is 1.50. The van der Waals surface area contributed by atoms with Crippen LogP contribution in [0, 0.1) is 19.8 Å². The molecule has 1 aliphatic rings. The summed E-state index contributed by atoms with van der Waals surface area (Å²) < 4.78 is 5.04. The average Bonchev–Trinajstić information content (AvgIpc) is 2.94. The lowest BCUT2D eigenvalue weighted by Gasteiger charge is -2.09. The zero-order valence-electron chi connectivity index (χ0n) is 11.5. The number of halogens is 1. The van der Waals surface area contributed by atoms with Crippen LogP contribution in [0.4, 0.5) is 0 Å². The molecule has 1 atom stereocenters. The molecule has 1 amide bonds. The molecule has 2 N–H and O–H groups in total. The van der Waals surface area contributed by atoms with Crippen LogP contribution in [0.3, 0.4) is 0 Å². The van der Waals surface area contributed by atoms with Gasteiger partial charge in [0.05, 0.1) is 12.1 Å². The molecule has 0 radical (unpaired) electrons. The van der Waals surface area contributed by atoms with E-state index in [0.717, 1.165) is 43.1 Å². The summed E-state index contributed by atoms with van der Waals surface area (Å²) in [6.45, 7) is 6.65. The van der Waals surface area contributed by atoms with Crippen molar-refractivity contribution in [1.29, 1.82) is 0 Å². The van der Waals surface area contributed by atoms with E-state index in [4.69, 9.17) is 4.52 Å². The molecule has 0 bridgehead atoms. The SMILES string of the molecule is Cc1noc(C)c1CC(=O)NCCC1CCNC1.Cl. The minimum atomic E-state index is 0. The highest BCUT2D eigenvalue weighted by Gasteiger charge is 2.16. The number of rotatable bonds is 5. The average molecular weight is 288 g/mol. The van der Waals surface area contributed by atoms with Gasteiger partial charge >= 0.3 is 0 Å². The van der Waals surface area contributed by atoms with E-state index in [1.165, 1.54) is 6.42 Å². The van der Waals surface area contributed by atoms with Crippen molar-refractivity contribution in [3.63, 3.8) is 0 Å². The summed E-state index contributed by atoms with van der Waals surface area (Å²) in [5, 5.41) is 10.1. The van der Waals surface area contributed by atoms with Gasteiger partial charge in [0, 0.05) is 12.1 Å². The number of carbonyl (C=O) groups is 1. The second-order valence-corrected chi connectivity index (χ2v) is 4.98. The lowest BCUT2D eigenvalue weighted by Crippen LogP contribution is -2.28. The molecule has 1 aromatic rings. The molecule has 1 unspecified atom stereocenters. The Bertz CT molecular complexity index is 395. The molecule has 1 aromatic heterocycles. The first-order valence-electron chi connectivity index (χ1n) is 6.56. The predicted octanol–water partition coefficient (Wildman–Crippen LogP) is 1.37. The van der Waals surface area contributed by atoms with E-state index in [2.05, 4.69) is 15.8 Å². The summed E-state index contributed by atoms with van der Waals surface area (Å²) in [4.78, 5) is 11.8. The summed E-state index contributed by atoms with van der Waals surface area (Å²) in [6, 6.07) is 0. The van der Waals surface area contributed by atoms with Gasteiger partial charge < -0.3 is 15.2 Å². The highest BCUT2D eigenvalue weighted by Crippen LogP contribution is 2.13. The van der Waals surface area contributed by atoms with Gasteiger partial charge in [0.25, 0.3) is 0 Å². The fourth-order valence-corrected chi connectivity index (χ4v) is 2.35. The molecule has 0 aromatic carbocycles. The molecular formula is C13H22ClN3O2. The second kappa shape index (κ2) is 7.50. The lowest BCUT2D eigenvalue weighted by atomic mass is 10.1. The number of nitrogens with one attached hydrogen (secondary N) is 2. The lowest BCUT2D eigenvalue weighted by molar-refractivity contribution is -0.120. The maximum atomic E-state index is 11.8. The minimum absolute atomic E-state index is 0. The third kappa shape index (κ3) is 4.51. The largest absolute Gasteiger partial charge is 0.361 e. The topological polar surface area (TPSA) is 67.2 Å². The van der Waals surface area contributed by atoms with Crippen LogP contribution in [-0.4, -0.2) is 30.7 Å². The van der Waals surface area contributed by atoms with Gasteiger partial charge in [-0.25, -0.2) is 0 Å². The van der Waals surface area contributed by atoms with Crippen molar-refractivity contribution in [1.82, 2.24) is 15.8 Å². The molecule has 6 heteroatoms. The van der Waals surface area contributed by atoms with Crippen molar-refractivity contribution in [2.45, 2.75) is 33.1 Å². The highest BCUT2D eigenvalue weighted by molar-refractivity contribution is 5.85. The van der Waals surface area contributed by atoms with Crippen LogP contribution in [0.1, 0.15) is 29.9 Å².